The summed E-state index contributed by atoms with van der Waals surface area (Å²) in [7, 11) is 0. The van der Waals surface area contributed by atoms with Gasteiger partial charge in [-0.15, -0.1) is 0 Å². The SMILES string of the molecule is Cc1cc(=O)n(CCN(CC2CCC2)CC2CCCO2)c(=O)[nH]1. The van der Waals surface area contributed by atoms with Crippen LogP contribution in [0.25, 0.3) is 0 Å². The van der Waals surface area contributed by atoms with Crippen molar-refractivity contribution in [2.45, 2.75) is 51.7 Å². The maximum Gasteiger partial charge on any atom is 0.328 e. The standard InChI is InChI=1S/C17H27N3O3/c1-13-10-16(21)20(17(22)18-13)8-7-19(11-14-4-2-5-14)12-15-6-3-9-23-15/h10,14-15H,2-9,11-12H2,1H3,(H,18,22). The topological polar surface area (TPSA) is 67.3 Å². The molecular weight excluding hydrogens is 294 g/mol. The van der Waals surface area contributed by atoms with Crippen LogP contribution in [0.3, 0.4) is 0 Å². The van der Waals surface area contributed by atoms with Gasteiger partial charge >= 0.3 is 5.69 Å². The highest BCUT2D eigenvalue weighted by Crippen LogP contribution is 2.27. The van der Waals surface area contributed by atoms with Crippen LogP contribution in [0, 0.1) is 12.8 Å². The van der Waals surface area contributed by atoms with E-state index in [1.54, 1.807) is 6.92 Å². The largest absolute Gasteiger partial charge is 0.377 e. The zero-order chi connectivity index (χ0) is 16.2. The van der Waals surface area contributed by atoms with E-state index in [9.17, 15) is 9.59 Å². The van der Waals surface area contributed by atoms with Crippen molar-refractivity contribution >= 4 is 0 Å². The van der Waals surface area contributed by atoms with Gasteiger partial charge in [0.25, 0.3) is 5.56 Å². The number of H-pyrrole nitrogens is 1. The Hall–Kier alpha value is -1.40. The predicted molar refractivity (Wildman–Crippen MR) is 88.8 cm³/mol. The van der Waals surface area contributed by atoms with Crippen LogP contribution >= 0.6 is 0 Å². The Kier molecular flexibility index (Phi) is 5.33. The van der Waals surface area contributed by atoms with Crippen LogP contribution in [0.4, 0.5) is 0 Å². The number of aromatic amines is 1. The Morgan fingerprint density at radius 1 is 1.26 bits per heavy atom. The molecule has 3 rings (SSSR count). The number of nitrogens with zero attached hydrogens (tertiary/aromatic N) is 2. The molecule has 0 amide bonds. The minimum atomic E-state index is -0.310. The number of aryl methyl sites for hydroxylation is 1. The van der Waals surface area contributed by atoms with E-state index < -0.39 is 0 Å². The third kappa shape index (κ3) is 4.32. The van der Waals surface area contributed by atoms with Gasteiger partial charge in [0.1, 0.15) is 0 Å². The van der Waals surface area contributed by atoms with Crippen molar-refractivity contribution in [3.63, 3.8) is 0 Å². The molecule has 1 unspecified atom stereocenters. The normalized spacial score (nSPS) is 21.7. The summed E-state index contributed by atoms with van der Waals surface area (Å²) in [4.78, 5) is 29.1. The molecule has 2 heterocycles. The smallest absolute Gasteiger partial charge is 0.328 e. The van der Waals surface area contributed by atoms with Crippen LogP contribution in [-0.4, -0.2) is 46.8 Å². The van der Waals surface area contributed by atoms with Crippen LogP contribution in [0.15, 0.2) is 15.7 Å². The number of rotatable bonds is 7. The van der Waals surface area contributed by atoms with Gasteiger partial charge in [-0.1, -0.05) is 6.42 Å². The molecule has 2 fully saturated rings. The molecule has 1 saturated carbocycles. The van der Waals surface area contributed by atoms with E-state index in [2.05, 4.69) is 9.88 Å². The minimum Gasteiger partial charge on any atom is -0.377 e. The van der Waals surface area contributed by atoms with Crippen molar-refractivity contribution in [3.05, 3.63) is 32.6 Å². The fourth-order valence-corrected chi connectivity index (χ4v) is 3.46. The summed E-state index contributed by atoms with van der Waals surface area (Å²) >= 11 is 0. The van der Waals surface area contributed by atoms with Crippen LogP contribution in [0.5, 0.6) is 0 Å². The molecule has 0 bridgehead atoms. The fourth-order valence-electron chi connectivity index (χ4n) is 3.46. The molecule has 1 saturated heterocycles. The molecule has 1 N–H and O–H groups in total. The second-order valence-electron chi connectivity index (χ2n) is 6.94. The molecule has 1 aromatic heterocycles. The van der Waals surface area contributed by atoms with Crippen LogP contribution in [-0.2, 0) is 11.3 Å². The zero-order valence-corrected chi connectivity index (χ0v) is 13.9. The molecule has 0 aromatic carbocycles. The van der Waals surface area contributed by atoms with E-state index in [1.807, 2.05) is 0 Å². The molecule has 6 heteroatoms. The van der Waals surface area contributed by atoms with Gasteiger partial charge in [-0.3, -0.25) is 14.3 Å². The van der Waals surface area contributed by atoms with Crippen molar-refractivity contribution in [1.82, 2.24) is 14.5 Å². The second-order valence-corrected chi connectivity index (χ2v) is 6.94. The fraction of sp³-hybridized carbons (Fsp3) is 0.765. The Bertz CT molecular complexity index is 595. The maximum atomic E-state index is 12.0. The van der Waals surface area contributed by atoms with E-state index in [4.69, 9.17) is 4.74 Å². The van der Waals surface area contributed by atoms with Gasteiger partial charge in [-0.25, -0.2) is 4.79 Å². The van der Waals surface area contributed by atoms with E-state index in [1.165, 1.54) is 29.9 Å². The summed E-state index contributed by atoms with van der Waals surface area (Å²) < 4.78 is 7.06. The molecule has 1 aliphatic heterocycles. The van der Waals surface area contributed by atoms with Gasteiger partial charge < -0.3 is 9.72 Å². The van der Waals surface area contributed by atoms with E-state index in [0.29, 0.717) is 18.3 Å². The lowest BCUT2D eigenvalue weighted by atomic mass is 9.85. The Balaban J connectivity index is 1.62. The maximum absolute atomic E-state index is 12.0. The molecular formula is C17H27N3O3. The summed E-state index contributed by atoms with van der Waals surface area (Å²) in [5.74, 6) is 0.768. The lowest BCUT2D eigenvalue weighted by Crippen LogP contribution is -2.43. The summed E-state index contributed by atoms with van der Waals surface area (Å²) in [6.07, 6.45) is 6.49. The lowest BCUT2D eigenvalue weighted by Gasteiger charge is -2.33. The molecule has 1 atom stereocenters. The molecule has 2 aliphatic rings. The Morgan fingerprint density at radius 2 is 2.09 bits per heavy atom. The summed E-state index contributed by atoms with van der Waals surface area (Å²) in [5.41, 5.74) is 0.0876. The van der Waals surface area contributed by atoms with Crippen LogP contribution < -0.4 is 11.2 Å². The zero-order valence-electron chi connectivity index (χ0n) is 13.9. The van der Waals surface area contributed by atoms with E-state index >= 15 is 0 Å². The van der Waals surface area contributed by atoms with Gasteiger partial charge in [0, 0.05) is 44.5 Å². The van der Waals surface area contributed by atoms with Gasteiger partial charge in [0.05, 0.1) is 6.10 Å². The van der Waals surface area contributed by atoms with E-state index in [-0.39, 0.29) is 11.2 Å². The minimum absolute atomic E-state index is 0.216. The van der Waals surface area contributed by atoms with Crippen LogP contribution in [0.2, 0.25) is 0 Å². The Morgan fingerprint density at radius 3 is 2.70 bits per heavy atom. The summed E-state index contributed by atoms with van der Waals surface area (Å²) in [5, 5.41) is 0. The third-order valence-corrected chi connectivity index (χ3v) is 5.02. The highest BCUT2D eigenvalue weighted by Gasteiger charge is 2.24. The first kappa shape index (κ1) is 16.5. The third-order valence-electron chi connectivity index (χ3n) is 5.02. The number of hydrogen-bond acceptors (Lipinski definition) is 4. The average Bonchev–Trinajstić information content (AvgIpc) is 2.94. The monoisotopic (exact) mass is 321 g/mol. The average molecular weight is 321 g/mol. The van der Waals surface area contributed by atoms with Crippen molar-refractivity contribution in [3.8, 4) is 0 Å². The van der Waals surface area contributed by atoms with Gasteiger partial charge in [0.2, 0.25) is 0 Å². The molecule has 23 heavy (non-hydrogen) atoms. The highest BCUT2D eigenvalue weighted by molar-refractivity contribution is 4.96. The quantitative estimate of drug-likeness (QED) is 0.817. The molecule has 128 valence electrons. The number of ether oxygens (including phenoxy) is 1. The molecule has 0 spiro atoms. The highest BCUT2D eigenvalue weighted by atomic mass is 16.5. The van der Waals surface area contributed by atoms with Crippen LogP contribution in [0.1, 0.15) is 37.8 Å². The first-order chi connectivity index (χ1) is 11.1. The van der Waals surface area contributed by atoms with Crippen molar-refractivity contribution in [2.24, 2.45) is 5.92 Å². The number of hydrogen-bond donors (Lipinski definition) is 1. The lowest BCUT2D eigenvalue weighted by molar-refractivity contribution is 0.0595. The second kappa shape index (κ2) is 7.45. The molecule has 1 aliphatic carbocycles. The van der Waals surface area contributed by atoms with Gasteiger partial charge in [-0.2, -0.15) is 0 Å². The molecule has 0 radical (unpaired) electrons. The number of aromatic nitrogens is 2. The first-order valence-electron chi connectivity index (χ1n) is 8.76. The van der Waals surface area contributed by atoms with Crippen molar-refractivity contribution in [2.75, 3.05) is 26.2 Å². The van der Waals surface area contributed by atoms with E-state index in [0.717, 1.165) is 45.0 Å². The first-order valence-corrected chi connectivity index (χ1v) is 8.76. The summed E-state index contributed by atoms with van der Waals surface area (Å²) in [6.45, 7) is 5.72. The summed E-state index contributed by atoms with van der Waals surface area (Å²) in [6, 6.07) is 1.48. The Labute approximate surface area is 136 Å². The molecule has 1 aromatic rings. The van der Waals surface area contributed by atoms with Gasteiger partial charge in [0.15, 0.2) is 0 Å². The predicted octanol–water partition coefficient (Wildman–Crippen LogP) is 1.13. The molecule has 6 nitrogen and oxygen atoms in total. The van der Waals surface area contributed by atoms with Crippen molar-refractivity contribution < 1.29 is 4.74 Å². The van der Waals surface area contributed by atoms with Crippen molar-refractivity contribution in [1.29, 1.82) is 0 Å². The van der Waals surface area contributed by atoms with Gasteiger partial charge in [-0.05, 0) is 38.5 Å². The number of nitrogens with one attached hydrogen (secondary N) is 1.